The number of hydrogen-bond donors (Lipinski definition) is 2. The van der Waals surface area contributed by atoms with Gasteiger partial charge in [0.25, 0.3) is 11.6 Å². The lowest BCUT2D eigenvalue weighted by atomic mass is 10.1. The Morgan fingerprint density at radius 1 is 1.38 bits per heavy atom. The summed E-state index contributed by atoms with van der Waals surface area (Å²) in [6, 6.07) is 4.36. The number of nitrogens with zero attached hydrogens (tertiary/aromatic N) is 1. The van der Waals surface area contributed by atoms with Crippen LogP contribution in [0.3, 0.4) is 0 Å². The van der Waals surface area contributed by atoms with Gasteiger partial charge in [-0.05, 0) is 26.5 Å². The number of non-ortho nitro benzene ring substituents is 1. The molecule has 116 valence electrons. The van der Waals surface area contributed by atoms with Gasteiger partial charge < -0.3 is 15.4 Å². The number of benzene rings is 1. The lowest BCUT2D eigenvalue weighted by Crippen LogP contribution is -2.36. The Hall–Kier alpha value is -2.15. The maximum atomic E-state index is 11.7. The molecule has 7 nitrogen and oxygen atoms in total. The Bertz CT molecular complexity index is 505. The summed E-state index contributed by atoms with van der Waals surface area (Å²) < 4.78 is 5.62. The number of nitrogens with one attached hydrogen (secondary N) is 2. The van der Waals surface area contributed by atoms with Crippen LogP contribution in [0.4, 0.5) is 5.69 Å². The molecule has 0 saturated carbocycles. The average Bonchev–Trinajstić information content (AvgIpc) is 2.46. The van der Waals surface area contributed by atoms with Crippen LogP contribution in [0, 0.1) is 10.1 Å². The number of ether oxygens (including phenoxy) is 1. The zero-order chi connectivity index (χ0) is 15.8. The number of rotatable bonds is 8. The van der Waals surface area contributed by atoms with Crippen molar-refractivity contribution in [2.24, 2.45) is 0 Å². The first-order valence-corrected chi connectivity index (χ1v) is 6.92. The molecule has 0 spiro atoms. The van der Waals surface area contributed by atoms with Gasteiger partial charge in [-0.2, -0.15) is 0 Å². The predicted molar refractivity (Wildman–Crippen MR) is 79.3 cm³/mol. The molecule has 1 aromatic carbocycles. The Kier molecular flexibility index (Phi) is 6.61. The quantitative estimate of drug-likeness (QED) is 0.561. The number of nitro benzene ring substituents is 1. The maximum Gasteiger partial charge on any atom is 0.270 e. The second-order valence-electron chi connectivity index (χ2n) is 4.48. The summed E-state index contributed by atoms with van der Waals surface area (Å²) in [6.07, 6.45) is -0.660. The van der Waals surface area contributed by atoms with Gasteiger partial charge in [0, 0.05) is 30.8 Å². The highest BCUT2D eigenvalue weighted by atomic mass is 16.6. The summed E-state index contributed by atoms with van der Waals surface area (Å²) >= 11 is 0. The molecule has 21 heavy (non-hydrogen) atoms. The normalized spacial score (nSPS) is 11.8. The third-order valence-corrected chi connectivity index (χ3v) is 2.84. The van der Waals surface area contributed by atoms with Crippen LogP contribution < -0.4 is 15.4 Å². The number of hydrogen-bond acceptors (Lipinski definition) is 5. The maximum absolute atomic E-state index is 11.7. The fraction of sp³-hybridized carbons (Fsp3) is 0.500. The fourth-order valence-electron chi connectivity index (χ4n) is 1.75. The molecule has 0 aromatic heterocycles. The molecule has 0 radical (unpaired) electrons. The summed E-state index contributed by atoms with van der Waals surface area (Å²) in [5.41, 5.74) is 0.656. The minimum Gasteiger partial charge on any atom is -0.481 e. The molecule has 0 bridgehead atoms. The second-order valence-corrected chi connectivity index (χ2v) is 4.48. The van der Waals surface area contributed by atoms with E-state index < -0.39 is 11.0 Å². The van der Waals surface area contributed by atoms with Gasteiger partial charge in [0.15, 0.2) is 6.10 Å². The number of amides is 1. The van der Waals surface area contributed by atoms with Crippen molar-refractivity contribution in [1.29, 1.82) is 0 Å². The van der Waals surface area contributed by atoms with Gasteiger partial charge in [-0.15, -0.1) is 0 Å². The number of carbonyl (C=O) groups is 1. The summed E-state index contributed by atoms with van der Waals surface area (Å²) in [7, 11) is 0. The van der Waals surface area contributed by atoms with Gasteiger partial charge in [-0.3, -0.25) is 14.9 Å². The molecule has 0 saturated heterocycles. The van der Waals surface area contributed by atoms with E-state index in [1.807, 2.05) is 13.8 Å². The van der Waals surface area contributed by atoms with Crippen molar-refractivity contribution in [1.82, 2.24) is 10.6 Å². The highest BCUT2D eigenvalue weighted by Gasteiger charge is 2.17. The first-order chi connectivity index (χ1) is 9.99. The van der Waals surface area contributed by atoms with Gasteiger partial charge in [-0.25, -0.2) is 0 Å². The van der Waals surface area contributed by atoms with Crippen LogP contribution in [0.25, 0.3) is 0 Å². The van der Waals surface area contributed by atoms with Crippen molar-refractivity contribution in [2.75, 3.05) is 13.1 Å². The SMILES string of the molecule is CCNCc1cc([N+](=O)[O-])ccc1OC(C)C(=O)NCC. The Balaban J connectivity index is 2.93. The van der Waals surface area contributed by atoms with Crippen LogP contribution in [0.15, 0.2) is 18.2 Å². The van der Waals surface area contributed by atoms with Gasteiger partial charge in [-0.1, -0.05) is 6.92 Å². The van der Waals surface area contributed by atoms with Crippen molar-refractivity contribution in [2.45, 2.75) is 33.4 Å². The molecule has 7 heteroatoms. The molecule has 0 aliphatic rings. The topological polar surface area (TPSA) is 93.5 Å². The molecular formula is C14H21N3O4. The zero-order valence-electron chi connectivity index (χ0n) is 12.5. The van der Waals surface area contributed by atoms with Gasteiger partial charge >= 0.3 is 0 Å². The van der Waals surface area contributed by atoms with E-state index in [0.717, 1.165) is 6.54 Å². The fourth-order valence-corrected chi connectivity index (χ4v) is 1.75. The van der Waals surface area contributed by atoms with E-state index in [4.69, 9.17) is 4.74 Å². The van der Waals surface area contributed by atoms with Gasteiger partial charge in [0.2, 0.25) is 0 Å². The number of carbonyl (C=O) groups excluding carboxylic acids is 1. The molecule has 1 unspecified atom stereocenters. The first kappa shape index (κ1) is 16.9. The van der Waals surface area contributed by atoms with E-state index in [1.54, 1.807) is 6.92 Å². The Morgan fingerprint density at radius 3 is 2.67 bits per heavy atom. The largest absolute Gasteiger partial charge is 0.481 e. The van der Waals surface area contributed by atoms with Crippen molar-refractivity contribution < 1.29 is 14.5 Å². The molecule has 1 aromatic rings. The second kappa shape index (κ2) is 8.21. The monoisotopic (exact) mass is 295 g/mol. The van der Waals surface area contributed by atoms with Gasteiger partial charge in [0.05, 0.1) is 4.92 Å². The van der Waals surface area contributed by atoms with Crippen LogP contribution in [0.1, 0.15) is 26.3 Å². The highest BCUT2D eigenvalue weighted by Crippen LogP contribution is 2.25. The van der Waals surface area contributed by atoms with Crippen LogP contribution in [0.2, 0.25) is 0 Å². The van der Waals surface area contributed by atoms with Crippen LogP contribution >= 0.6 is 0 Å². The number of likely N-dealkylation sites (N-methyl/N-ethyl adjacent to an activating group) is 1. The van der Waals surface area contributed by atoms with Crippen molar-refractivity contribution in [3.05, 3.63) is 33.9 Å². The summed E-state index contributed by atoms with van der Waals surface area (Å²) in [5.74, 6) is 0.255. The third kappa shape index (κ3) is 5.03. The molecule has 1 rings (SSSR count). The number of nitro groups is 1. The van der Waals surface area contributed by atoms with Gasteiger partial charge in [0.1, 0.15) is 5.75 Å². The van der Waals surface area contributed by atoms with Crippen molar-refractivity contribution in [3.8, 4) is 5.75 Å². The van der Waals surface area contributed by atoms with Crippen molar-refractivity contribution in [3.63, 3.8) is 0 Å². The van der Waals surface area contributed by atoms with E-state index in [1.165, 1.54) is 18.2 Å². The van der Waals surface area contributed by atoms with E-state index in [2.05, 4.69) is 10.6 Å². The average molecular weight is 295 g/mol. The van der Waals surface area contributed by atoms with Crippen LogP contribution in [0.5, 0.6) is 5.75 Å². The molecule has 0 heterocycles. The smallest absolute Gasteiger partial charge is 0.270 e. The summed E-state index contributed by atoms with van der Waals surface area (Å²) in [6.45, 7) is 7.10. The minimum atomic E-state index is -0.660. The molecule has 1 amide bonds. The van der Waals surface area contributed by atoms with E-state index in [0.29, 0.717) is 24.4 Å². The molecule has 0 aliphatic carbocycles. The van der Waals surface area contributed by atoms with Crippen molar-refractivity contribution >= 4 is 11.6 Å². The van der Waals surface area contributed by atoms with Crippen LogP contribution in [-0.2, 0) is 11.3 Å². The van der Waals surface area contributed by atoms with Crippen LogP contribution in [-0.4, -0.2) is 30.0 Å². The van der Waals surface area contributed by atoms with E-state index in [9.17, 15) is 14.9 Å². The van der Waals surface area contributed by atoms with E-state index in [-0.39, 0.29) is 11.6 Å². The zero-order valence-corrected chi connectivity index (χ0v) is 12.5. The predicted octanol–water partition coefficient (Wildman–Crippen LogP) is 1.61. The standard InChI is InChI=1S/C14H21N3O4/c1-4-15-9-11-8-12(17(19)20)6-7-13(11)21-10(3)14(18)16-5-2/h6-8,10,15H,4-5,9H2,1-3H3,(H,16,18). The molecule has 0 fully saturated rings. The summed E-state index contributed by atoms with van der Waals surface area (Å²) in [5, 5.41) is 16.6. The molecule has 1 atom stereocenters. The van der Waals surface area contributed by atoms with E-state index >= 15 is 0 Å². The lowest BCUT2D eigenvalue weighted by Gasteiger charge is -2.17. The minimum absolute atomic E-state index is 0.000848. The molecule has 2 N–H and O–H groups in total. The third-order valence-electron chi connectivity index (χ3n) is 2.84. The lowest BCUT2D eigenvalue weighted by molar-refractivity contribution is -0.384. The first-order valence-electron chi connectivity index (χ1n) is 6.92. The molecule has 0 aliphatic heterocycles. The summed E-state index contributed by atoms with van der Waals surface area (Å²) in [4.78, 5) is 22.1. The Morgan fingerprint density at radius 2 is 2.10 bits per heavy atom. The Labute approximate surface area is 123 Å². The molecular weight excluding hydrogens is 274 g/mol. The highest BCUT2D eigenvalue weighted by molar-refractivity contribution is 5.80.